The lowest BCUT2D eigenvalue weighted by Crippen LogP contribution is -1.78. The standard InChI is InChI=1S/C6H5N3O/c10-8-9-4-2-5-6(9)1-3-7-5/h1-4,7H. The van der Waals surface area contributed by atoms with E-state index >= 15 is 0 Å². The molecule has 0 aliphatic heterocycles. The van der Waals surface area contributed by atoms with Gasteiger partial charge in [-0.15, -0.1) is 4.91 Å². The van der Waals surface area contributed by atoms with E-state index in [4.69, 9.17) is 0 Å². The molecular weight excluding hydrogens is 130 g/mol. The lowest BCUT2D eigenvalue weighted by atomic mass is 10.5. The molecule has 0 atom stereocenters. The first-order chi connectivity index (χ1) is 4.92. The van der Waals surface area contributed by atoms with Crippen LogP contribution in [0.3, 0.4) is 0 Å². The average molecular weight is 135 g/mol. The summed E-state index contributed by atoms with van der Waals surface area (Å²) in [6.07, 6.45) is 3.39. The van der Waals surface area contributed by atoms with E-state index in [1.165, 1.54) is 4.68 Å². The molecule has 0 spiro atoms. The molecule has 0 aliphatic carbocycles. The van der Waals surface area contributed by atoms with Crippen LogP contribution in [0, 0.1) is 4.91 Å². The van der Waals surface area contributed by atoms with Crippen LogP contribution in [0.25, 0.3) is 11.0 Å². The van der Waals surface area contributed by atoms with Crippen molar-refractivity contribution >= 4 is 11.0 Å². The number of hydrogen-bond acceptors (Lipinski definition) is 2. The van der Waals surface area contributed by atoms with Crippen molar-refractivity contribution in [1.82, 2.24) is 9.66 Å². The van der Waals surface area contributed by atoms with Gasteiger partial charge in [-0.25, -0.2) is 4.68 Å². The minimum atomic E-state index is 0.815. The van der Waals surface area contributed by atoms with Gasteiger partial charge in [0, 0.05) is 12.4 Å². The van der Waals surface area contributed by atoms with Crippen molar-refractivity contribution < 1.29 is 0 Å². The molecule has 0 bridgehead atoms. The molecule has 4 heteroatoms. The molecule has 0 saturated carbocycles. The second-order valence-electron chi connectivity index (χ2n) is 2.02. The maximum atomic E-state index is 10.1. The van der Waals surface area contributed by atoms with Gasteiger partial charge in [0.15, 0.2) is 0 Å². The van der Waals surface area contributed by atoms with Gasteiger partial charge in [-0.2, -0.15) is 0 Å². The van der Waals surface area contributed by atoms with Crippen molar-refractivity contribution in [2.75, 3.05) is 0 Å². The highest BCUT2D eigenvalue weighted by atomic mass is 16.3. The monoisotopic (exact) mass is 135 g/mol. The highest BCUT2D eigenvalue weighted by molar-refractivity contribution is 5.76. The lowest BCUT2D eigenvalue weighted by molar-refractivity contribution is 0.914. The smallest absolute Gasteiger partial charge is 0.0927 e. The Kier molecular flexibility index (Phi) is 0.887. The van der Waals surface area contributed by atoms with E-state index in [9.17, 15) is 4.91 Å². The van der Waals surface area contributed by atoms with Gasteiger partial charge in [0.1, 0.15) is 0 Å². The fourth-order valence-electron chi connectivity index (χ4n) is 1.00. The molecular formula is C6H5N3O. The first kappa shape index (κ1) is 5.22. The van der Waals surface area contributed by atoms with E-state index in [2.05, 4.69) is 10.3 Å². The van der Waals surface area contributed by atoms with Crippen LogP contribution < -0.4 is 0 Å². The number of aromatic nitrogens is 2. The predicted octanol–water partition coefficient (Wildman–Crippen LogP) is 1.50. The number of aromatic amines is 1. The molecule has 2 aromatic heterocycles. The summed E-state index contributed by atoms with van der Waals surface area (Å²) in [5.41, 5.74) is 1.75. The van der Waals surface area contributed by atoms with Gasteiger partial charge in [0.2, 0.25) is 0 Å². The summed E-state index contributed by atoms with van der Waals surface area (Å²) in [6.45, 7) is 0. The number of nitrogens with one attached hydrogen (secondary N) is 1. The topological polar surface area (TPSA) is 50.1 Å². The van der Waals surface area contributed by atoms with E-state index in [0.29, 0.717) is 0 Å². The van der Waals surface area contributed by atoms with Crippen molar-refractivity contribution in [3.05, 3.63) is 29.4 Å². The summed E-state index contributed by atoms with van der Waals surface area (Å²) in [5, 5.41) is 2.78. The zero-order valence-corrected chi connectivity index (χ0v) is 5.11. The maximum Gasteiger partial charge on any atom is 0.0927 e. The third-order valence-electron chi connectivity index (χ3n) is 1.47. The maximum absolute atomic E-state index is 10.1. The van der Waals surface area contributed by atoms with Crippen LogP contribution in [0.1, 0.15) is 0 Å². The zero-order chi connectivity index (χ0) is 6.97. The minimum Gasteiger partial charge on any atom is -0.360 e. The number of nitrogens with zero attached hydrogens (tertiary/aromatic N) is 2. The Balaban J connectivity index is 2.88. The van der Waals surface area contributed by atoms with Crippen LogP contribution >= 0.6 is 0 Å². The van der Waals surface area contributed by atoms with E-state index in [-0.39, 0.29) is 0 Å². The van der Waals surface area contributed by atoms with Gasteiger partial charge in [-0.05, 0) is 12.1 Å². The van der Waals surface area contributed by atoms with Crippen molar-refractivity contribution in [2.45, 2.75) is 0 Å². The third kappa shape index (κ3) is 0.500. The minimum absolute atomic E-state index is 0.815. The van der Waals surface area contributed by atoms with Gasteiger partial charge < -0.3 is 4.98 Å². The number of rotatable bonds is 1. The highest BCUT2D eigenvalue weighted by Gasteiger charge is 1.98. The van der Waals surface area contributed by atoms with Crippen LogP contribution in [0.2, 0.25) is 0 Å². The van der Waals surface area contributed by atoms with E-state index in [1.54, 1.807) is 24.5 Å². The van der Waals surface area contributed by atoms with E-state index in [0.717, 1.165) is 11.0 Å². The fraction of sp³-hybridized carbons (Fsp3) is 0. The molecule has 2 rings (SSSR count). The molecule has 50 valence electrons. The number of nitroso groups, excluding NO2 is 1. The summed E-state index contributed by atoms with van der Waals surface area (Å²) in [4.78, 5) is 13.0. The van der Waals surface area contributed by atoms with E-state index in [1.807, 2.05) is 0 Å². The fourth-order valence-corrected chi connectivity index (χ4v) is 1.00. The Morgan fingerprint density at radius 2 is 2.40 bits per heavy atom. The predicted molar refractivity (Wildman–Crippen MR) is 37.5 cm³/mol. The Hall–Kier alpha value is -1.58. The molecule has 10 heavy (non-hydrogen) atoms. The van der Waals surface area contributed by atoms with Gasteiger partial charge in [-0.1, -0.05) is 0 Å². The molecule has 0 radical (unpaired) electrons. The van der Waals surface area contributed by atoms with Crippen molar-refractivity contribution in [2.24, 2.45) is 5.29 Å². The summed E-state index contributed by atoms with van der Waals surface area (Å²) in [6, 6.07) is 3.60. The highest BCUT2D eigenvalue weighted by Crippen LogP contribution is 2.12. The number of fused-ring (bicyclic) bond motifs is 1. The Morgan fingerprint density at radius 3 is 3.20 bits per heavy atom. The van der Waals surface area contributed by atoms with E-state index < -0.39 is 0 Å². The normalized spacial score (nSPS) is 10.4. The molecule has 0 saturated heterocycles. The van der Waals surface area contributed by atoms with Crippen molar-refractivity contribution in [1.29, 1.82) is 0 Å². The first-order valence-corrected chi connectivity index (χ1v) is 2.90. The third-order valence-corrected chi connectivity index (χ3v) is 1.47. The van der Waals surface area contributed by atoms with Crippen LogP contribution in [-0.4, -0.2) is 9.66 Å². The van der Waals surface area contributed by atoms with Gasteiger partial charge in [0.25, 0.3) is 0 Å². The Morgan fingerprint density at radius 1 is 1.50 bits per heavy atom. The van der Waals surface area contributed by atoms with Gasteiger partial charge >= 0.3 is 0 Å². The Labute approximate surface area is 56.4 Å². The quantitative estimate of drug-likeness (QED) is 0.592. The number of H-pyrrole nitrogens is 1. The summed E-state index contributed by atoms with van der Waals surface area (Å²) >= 11 is 0. The zero-order valence-electron chi connectivity index (χ0n) is 5.11. The summed E-state index contributed by atoms with van der Waals surface area (Å²) in [7, 11) is 0. The second-order valence-corrected chi connectivity index (χ2v) is 2.02. The average Bonchev–Trinajstić information content (AvgIpc) is 2.44. The second kappa shape index (κ2) is 1.70. The Bertz CT molecular complexity index is 360. The molecule has 0 unspecified atom stereocenters. The lowest BCUT2D eigenvalue weighted by Gasteiger charge is -1.82. The van der Waals surface area contributed by atoms with Crippen LogP contribution in [0.4, 0.5) is 0 Å². The largest absolute Gasteiger partial charge is 0.360 e. The SMILES string of the molecule is O=Nn1ccc2[nH]ccc21. The molecule has 2 aromatic rings. The molecule has 0 aromatic carbocycles. The van der Waals surface area contributed by atoms with Gasteiger partial charge in [0.05, 0.1) is 16.3 Å². The molecule has 1 N–H and O–H groups in total. The molecule has 0 fully saturated rings. The number of hydrogen-bond donors (Lipinski definition) is 1. The summed E-state index contributed by atoms with van der Waals surface area (Å²) < 4.78 is 1.28. The van der Waals surface area contributed by atoms with Crippen LogP contribution in [0.5, 0.6) is 0 Å². The van der Waals surface area contributed by atoms with Crippen molar-refractivity contribution in [3.63, 3.8) is 0 Å². The molecule has 0 aliphatic rings. The van der Waals surface area contributed by atoms with Crippen molar-refractivity contribution in [3.8, 4) is 0 Å². The molecule has 2 heterocycles. The molecule has 0 amide bonds. The van der Waals surface area contributed by atoms with Gasteiger partial charge in [-0.3, -0.25) is 0 Å². The van der Waals surface area contributed by atoms with Crippen LogP contribution in [0.15, 0.2) is 29.8 Å². The van der Waals surface area contributed by atoms with Crippen LogP contribution in [-0.2, 0) is 0 Å². The molecule has 4 nitrogen and oxygen atoms in total. The first-order valence-electron chi connectivity index (χ1n) is 2.90. The summed E-state index contributed by atoms with van der Waals surface area (Å²) in [5.74, 6) is 0.